The highest BCUT2D eigenvalue weighted by Crippen LogP contribution is 2.18. The molecule has 0 saturated carbocycles. The molecule has 1 nitrogen and oxygen atoms in total. The molecule has 0 unspecified atom stereocenters. The minimum atomic E-state index is 0.778. The van der Waals surface area contributed by atoms with Gasteiger partial charge in [0.1, 0.15) is 5.16 Å². The Hall–Kier alpha value is -0.170. The van der Waals surface area contributed by atoms with Gasteiger partial charge in [-0.2, -0.15) is 0 Å². The largest absolute Gasteiger partial charge is 0.355 e. The van der Waals surface area contributed by atoms with Gasteiger partial charge < -0.3 is 4.90 Å². The van der Waals surface area contributed by atoms with Crippen molar-refractivity contribution in [1.82, 2.24) is 4.90 Å². The Morgan fingerprint density at radius 1 is 2.00 bits per heavy atom. The Bertz CT molecular complexity index is 98.3. The topological polar surface area (TPSA) is 3.24 Å². The Balaban J connectivity index is 2.54. The second kappa shape index (κ2) is 1.74. The molecule has 1 rings (SSSR count). The molecular weight excluding hydrogens is 110 g/mol. The molecule has 1 heterocycles. The minimum Gasteiger partial charge on any atom is -0.355 e. The highest BCUT2D eigenvalue weighted by molar-refractivity contribution is 6.29. The summed E-state index contributed by atoms with van der Waals surface area (Å²) >= 11 is 5.59. The van der Waals surface area contributed by atoms with Crippen molar-refractivity contribution in [2.75, 3.05) is 7.05 Å². The number of hydrogen-bond acceptors (Lipinski definition) is 1. The van der Waals surface area contributed by atoms with E-state index in [1.165, 1.54) is 0 Å². The van der Waals surface area contributed by atoms with Gasteiger partial charge in [0.05, 0.1) is 6.54 Å². The molecular formula is C5H6ClN. The van der Waals surface area contributed by atoms with Crippen LogP contribution < -0.4 is 0 Å². The highest BCUT2D eigenvalue weighted by atomic mass is 35.5. The van der Waals surface area contributed by atoms with E-state index in [9.17, 15) is 0 Å². The van der Waals surface area contributed by atoms with Gasteiger partial charge in [0.2, 0.25) is 0 Å². The van der Waals surface area contributed by atoms with Crippen LogP contribution in [0, 0.1) is 6.54 Å². The fourth-order valence-electron chi connectivity index (χ4n) is 0.479. The van der Waals surface area contributed by atoms with Crippen molar-refractivity contribution in [3.8, 4) is 0 Å². The first-order chi connectivity index (χ1) is 3.30. The van der Waals surface area contributed by atoms with Crippen LogP contribution >= 0.6 is 11.6 Å². The first-order valence-corrected chi connectivity index (χ1v) is 2.51. The van der Waals surface area contributed by atoms with Crippen LogP contribution in [-0.4, -0.2) is 11.9 Å². The van der Waals surface area contributed by atoms with E-state index in [0.717, 1.165) is 11.6 Å². The fourth-order valence-corrected chi connectivity index (χ4v) is 0.616. The van der Waals surface area contributed by atoms with Crippen LogP contribution in [0.2, 0.25) is 0 Å². The lowest BCUT2D eigenvalue weighted by molar-refractivity contribution is 0.561. The normalized spacial score (nSPS) is 20.3. The number of rotatable bonds is 0. The second-order valence-electron chi connectivity index (χ2n) is 1.45. The summed E-state index contributed by atoms with van der Waals surface area (Å²) in [7, 11) is 1.88. The summed E-state index contributed by atoms with van der Waals surface area (Å²) in [6.45, 7) is 2.98. The number of nitrogens with zero attached hydrogens (tertiary/aromatic N) is 1. The lowest BCUT2D eigenvalue weighted by Crippen LogP contribution is -2.03. The van der Waals surface area contributed by atoms with E-state index in [2.05, 4.69) is 6.54 Å². The third kappa shape index (κ3) is 0.885. The fraction of sp³-hybridized carbons (Fsp3) is 0.400. The van der Waals surface area contributed by atoms with Crippen molar-refractivity contribution in [1.29, 1.82) is 0 Å². The first kappa shape index (κ1) is 4.98. The second-order valence-corrected chi connectivity index (χ2v) is 1.84. The van der Waals surface area contributed by atoms with Gasteiger partial charge in [-0.3, -0.25) is 0 Å². The van der Waals surface area contributed by atoms with Crippen molar-refractivity contribution < 1.29 is 0 Å². The quantitative estimate of drug-likeness (QED) is 0.432. The van der Waals surface area contributed by atoms with Crippen molar-refractivity contribution in [3.05, 3.63) is 17.8 Å². The molecule has 0 saturated heterocycles. The predicted octanol–water partition coefficient (Wildman–Crippen LogP) is 1.44. The molecule has 1 aliphatic rings. The van der Waals surface area contributed by atoms with Gasteiger partial charge in [0.15, 0.2) is 0 Å². The Morgan fingerprint density at radius 3 is 2.86 bits per heavy atom. The SMILES string of the molecule is CN1[C]CC=C1Cl. The van der Waals surface area contributed by atoms with Crippen molar-refractivity contribution >= 4 is 11.6 Å². The molecule has 0 bridgehead atoms. The molecule has 0 amide bonds. The summed E-state index contributed by atoms with van der Waals surface area (Å²) in [5.74, 6) is 0. The Labute approximate surface area is 48.6 Å². The molecule has 0 aromatic heterocycles. The molecule has 38 valence electrons. The zero-order chi connectivity index (χ0) is 5.28. The van der Waals surface area contributed by atoms with Crippen molar-refractivity contribution in [2.24, 2.45) is 0 Å². The lowest BCUT2D eigenvalue weighted by atomic mass is 10.5. The Kier molecular flexibility index (Phi) is 1.24. The maximum Gasteiger partial charge on any atom is 0.101 e. The van der Waals surface area contributed by atoms with Gasteiger partial charge in [0, 0.05) is 7.05 Å². The van der Waals surface area contributed by atoms with Crippen LogP contribution in [0.4, 0.5) is 0 Å². The van der Waals surface area contributed by atoms with Gasteiger partial charge in [-0.1, -0.05) is 11.6 Å². The van der Waals surface area contributed by atoms with Crippen LogP contribution in [0.15, 0.2) is 11.2 Å². The van der Waals surface area contributed by atoms with E-state index < -0.39 is 0 Å². The number of halogens is 1. The van der Waals surface area contributed by atoms with E-state index in [4.69, 9.17) is 11.6 Å². The summed E-state index contributed by atoms with van der Waals surface area (Å²) in [5.41, 5.74) is 0. The number of hydrogen-bond donors (Lipinski definition) is 0. The predicted molar refractivity (Wildman–Crippen MR) is 29.6 cm³/mol. The molecule has 7 heavy (non-hydrogen) atoms. The monoisotopic (exact) mass is 115 g/mol. The van der Waals surface area contributed by atoms with Gasteiger partial charge in [-0.05, 0) is 12.5 Å². The third-order valence-electron chi connectivity index (χ3n) is 0.919. The standard InChI is InChI=1S/C5H6ClN/c1-7-4-2-3-5(7)6/h3H,2H2,1H3. The van der Waals surface area contributed by atoms with E-state index in [0.29, 0.717) is 0 Å². The summed E-state index contributed by atoms with van der Waals surface area (Å²) in [4.78, 5) is 1.78. The van der Waals surface area contributed by atoms with Crippen LogP contribution in [-0.2, 0) is 0 Å². The highest BCUT2D eigenvalue weighted by Gasteiger charge is 2.06. The lowest BCUT2D eigenvalue weighted by Gasteiger charge is -2.06. The summed E-state index contributed by atoms with van der Waals surface area (Å²) in [6, 6.07) is 0. The van der Waals surface area contributed by atoms with Crippen LogP contribution in [0.5, 0.6) is 0 Å². The van der Waals surface area contributed by atoms with Gasteiger partial charge >= 0.3 is 0 Å². The summed E-state index contributed by atoms with van der Waals surface area (Å²) in [5, 5.41) is 0.778. The molecule has 0 spiro atoms. The van der Waals surface area contributed by atoms with Crippen LogP contribution in [0.25, 0.3) is 0 Å². The van der Waals surface area contributed by atoms with Gasteiger partial charge in [-0.15, -0.1) is 0 Å². The molecule has 2 heteroatoms. The van der Waals surface area contributed by atoms with Gasteiger partial charge in [-0.25, -0.2) is 0 Å². The Morgan fingerprint density at radius 2 is 2.71 bits per heavy atom. The van der Waals surface area contributed by atoms with E-state index in [1.54, 1.807) is 4.90 Å². The minimum absolute atomic E-state index is 0.778. The maximum absolute atomic E-state index is 5.59. The first-order valence-electron chi connectivity index (χ1n) is 2.13. The molecule has 0 N–H and O–H groups in total. The van der Waals surface area contributed by atoms with Crippen molar-refractivity contribution in [3.63, 3.8) is 0 Å². The van der Waals surface area contributed by atoms with Crippen LogP contribution in [0.1, 0.15) is 6.42 Å². The molecule has 0 fully saturated rings. The van der Waals surface area contributed by atoms with E-state index in [1.807, 2.05) is 13.1 Å². The van der Waals surface area contributed by atoms with E-state index >= 15 is 0 Å². The zero-order valence-corrected chi connectivity index (χ0v) is 4.87. The molecule has 0 aliphatic carbocycles. The summed E-state index contributed by atoms with van der Waals surface area (Å²) in [6.07, 6.45) is 2.77. The maximum atomic E-state index is 5.59. The average molecular weight is 116 g/mol. The van der Waals surface area contributed by atoms with E-state index in [-0.39, 0.29) is 0 Å². The smallest absolute Gasteiger partial charge is 0.101 e. The van der Waals surface area contributed by atoms with Crippen molar-refractivity contribution in [2.45, 2.75) is 6.42 Å². The van der Waals surface area contributed by atoms with Gasteiger partial charge in [0.25, 0.3) is 0 Å². The average Bonchev–Trinajstić information content (AvgIpc) is 1.91. The molecule has 2 radical (unpaired) electrons. The third-order valence-corrected chi connectivity index (χ3v) is 1.33. The van der Waals surface area contributed by atoms with Crippen LogP contribution in [0.3, 0.4) is 0 Å². The molecule has 0 aromatic rings. The molecule has 0 aromatic carbocycles. The zero-order valence-electron chi connectivity index (χ0n) is 4.11. The molecule has 0 atom stereocenters. The summed E-state index contributed by atoms with van der Waals surface area (Å²) < 4.78 is 0. The molecule has 1 aliphatic heterocycles.